The highest BCUT2D eigenvalue weighted by Gasteiger charge is 2.16. The number of hydrogen-bond acceptors (Lipinski definition) is 2. The number of carbonyl (C=O) groups is 1. The van der Waals surface area contributed by atoms with E-state index in [1.54, 1.807) is 6.20 Å². The SMILES string of the molecule is CCCCN(CC)C(=O)c1ccnc2ccccc12. The van der Waals surface area contributed by atoms with Crippen LogP contribution in [0.1, 0.15) is 37.0 Å². The first-order valence-corrected chi connectivity index (χ1v) is 6.91. The third-order valence-corrected chi connectivity index (χ3v) is 3.33. The first-order valence-electron chi connectivity index (χ1n) is 6.91. The van der Waals surface area contributed by atoms with Crippen LogP contribution in [0.2, 0.25) is 0 Å². The molecule has 0 fully saturated rings. The molecule has 3 heteroatoms. The van der Waals surface area contributed by atoms with Gasteiger partial charge in [0.15, 0.2) is 0 Å². The topological polar surface area (TPSA) is 33.2 Å². The fourth-order valence-corrected chi connectivity index (χ4v) is 2.20. The smallest absolute Gasteiger partial charge is 0.254 e. The van der Waals surface area contributed by atoms with E-state index >= 15 is 0 Å². The Balaban J connectivity index is 2.35. The van der Waals surface area contributed by atoms with E-state index in [1.165, 1.54) is 0 Å². The number of aromatic nitrogens is 1. The van der Waals surface area contributed by atoms with E-state index in [-0.39, 0.29) is 5.91 Å². The minimum atomic E-state index is 0.106. The van der Waals surface area contributed by atoms with Crippen LogP contribution in [0.3, 0.4) is 0 Å². The molecule has 1 aromatic carbocycles. The molecule has 0 bridgehead atoms. The van der Waals surface area contributed by atoms with Crippen molar-refractivity contribution in [2.45, 2.75) is 26.7 Å². The predicted molar refractivity (Wildman–Crippen MR) is 78.2 cm³/mol. The van der Waals surface area contributed by atoms with Gasteiger partial charge in [0.2, 0.25) is 0 Å². The van der Waals surface area contributed by atoms with Gasteiger partial charge < -0.3 is 4.90 Å². The van der Waals surface area contributed by atoms with Crippen molar-refractivity contribution in [1.29, 1.82) is 0 Å². The molecule has 0 saturated heterocycles. The molecule has 0 saturated carbocycles. The van der Waals surface area contributed by atoms with Gasteiger partial charge in [0.1, 0.15) is 0 Å². The van der Waals surface area contributed by atoms with Gasteiger partial charge in [-0.15, -0.1) is 0 Å². The lowest BCUT2D eigenvalue weighted by molar-refractivity contribution is 0.0764. The summed E-state index contributed by atoms with van der Waals surface area (Å²) in [5.41, 5.74) is 1.63. The molecule has 0 N–H and O–H groups in total. The Hall–Kier alpha value is -1.90. The van der Waals surface area contributed by atoms with Crippen molar-refractivity contribution in [2.24, 2.45) is 0 Å². The zero-order chi connectivity index (χ0) is 13.7. The van der Waals surface area contributed by atoms with Crippen molar-refractivity contribution >= 4 is 16.8 Å². The fourth-order valence-electron chi connectivity index (χ4n) is 2.20. The third kappa shape index (κ3) is 2.92. The molecule has 0 aliphatic carbocycles. The standard InChI is InChI=1S/C16H20N2O/c1-3-5-12-18(4-2)16(19)14-10-11-17-15-9-7-6-8-13(14)15/h6-11H,3-5,12H2,1-2H3. The zero-order valence-electron chi connectivity index (χ0n) is 11.6. The molecular formula is C16H20N2O. The van der Waals surface area contributed by atoms with Crippen molar-refractivity contribution in [3.05, 3.63) is 42.1 Å². The minimum absolute atomic E-state index is 0.106. The summed E-state index contributed by atoms with van der Waals surface area (Å²) in [4.78, 5) is 18.8. The predicted octanol–water partition coefficient (Wildman–Crippen LogP) is 3.50. The maximum Gasteiger partial charge on any atom is 0.254 e. The number of rotatable bonds is 5. The Morgan fingerprint density at radius 2 is 2.00 bits per heavy atom. The number of benzene rings is 1. The molecule has 0 unspecified atom stereocenters. The lowest BCUT2D eigenvalue weighted by Crippen LogP contribution is -2.31. The third-order valence-electron chi connectivity index (χ3n) is 3.33. The van der Waals surface area contributed by atoms with Crippen LogP contribution in [0, 0.1) is 0 Å². The molecule has 2 rings (SSSR count). The van der Waals surface area contributed by atoms with Gasteiger partial charge >= 0.3 is 0 Å². The Bertz CT molecular complexity index is 560. The maximum atomic E-state index is 12.6. The molecule has 1 aromatic heterocycles. The van der Waals surface area contributed by atoms with Gasteiger partial charge in [0, 0.05) is 24.7 Å². The lowest BCUT2D eigenvalue weighted by Gasteiger charge is -2.21. The average molecular weight is 256 g/mol. The largest absolute Gasteiger partial charge is 0.339 e. The van der Waals surface area contributed by atoms with E-state index in [1.807, 2.05) is 42.2 Å². The van der Waals surface area contributed by atoms with Crippen LogP contribution in [-0.4, -0.2) is 28.9 Å². The second-order valence-corrected chi connectivity index (χ2v) is 4.61. The summed E-state index contributed by atoms with van der Waals surface area (Å²) in [5.74, 6) is 0.106. The molecule has 3 nitrogen and oxygen atoms in total. The number of amides is 1. The number of pyridine rings is 1. The molecule has 1 heterocycles. The van der Waals surface area contributed by atoms with Gasteiger partial charge in [-0.25, -0.2) is 0 Å². The zero-order valence-corrected chi connectivity index (χ0v) is 11.6. The Labute approximate surface area is 114 Å². The van der Waals surface area contributed by atoms with Gasteiger partial charge in [0.05, 0.1) is 11.1 Å². The van der Waals surface area contributed by atoms with Crippen LogP contribution in [-0.2, 0) is 0 Å². The molecule has 0 spiro atoms. The summed E-state index contributed by atoms with van der Waals surface area (Å²) in [6.07, 6.45) is 3.85. The number of hydrogen-bond donors (Lipinski definition) is 0. The quantitative estimate of drug-likeness (QED) is 0.820. The summed E-state index contributed by atoms with van der Waals surface area (Å²) in [5, 5.41) is 0.935. The molecule has 1 amide bonds. The fraction of sp³-hybridized carbons (Fsp3) is 0.375. The van der Waals surface area contributed by atoms with Crippen molar-refractivity contribution < 1.29 is 4.79 Å². The van der Waals surface area contributed by atoms with E-state index in [0.717, 1.165) is 42.4 Å². The number of nitrogens with zero attached hydrogens (tertiary/aromatic N) is 2. The second-order valence-electron chi connectivity index (χ2n) is 4.61. The summed E-state index contributed by atoms with van der Waals surface area (Å²) in [6.45, 7) is 5.73. The molecule has 0 radical (unpaired) electrons. The second kappa shape index (κ2) is 6.32. The van der Waals surface area contributed by atoms with Gasteiger partial charge in [-0.05, 0) is 25.5 Å². The van der Waals surface area contributed by atoms with Crippen molar-refractivity contribution in [1.82, 2.24) is 9.88 Å². The van der Waals surface area contributed by atoms with Crippen molar-refractivity contribution in [2.75, 3.05) is 13.1 Å². The van der Waals surface area contributed by atoms with Gasteiger partial charge in [0.25, 0.3) is 5.91 Å². The summed E-state index contributed by atoms with van der Waals surface area (Å²) < 4.78 is 0. The number of fused-ring (bicyclic) bond motifs is 1. The maximum absolute atomic E-state index is 12.6. The Morgan fingerprint density at radius 3 is 2.74 bits per heavy atom. The molecule has 0 atom stereocenters. The summed E-state index contributed by atoms with van der Waals surface area (Å²) >= 11 is 0. The highest BCUT2D eigenvalue weighted by molar-refractivity contribution is 6.05. The van der Waals surface area contributed by atoms with Crippen LogP contribution in [0.15, 0.2) is 36.5 Å². The monoisotopic (exact) mass is 256 g/mol. The highest BCUT2D eigenvalue weighted by Crippen LogP contribution is 2.18. The lowest BCUT2D eigenvalue weighted by atomic mass is 10.1. The van der Waals surface area contributed by atoms with Crippen LogP contribution in [0.5, 0.6) is 0 Å². The minimum Gasteiger partial charge on any atom is -0.339 e. The average Bonchev–Trinajstić information content (AvgIpc) is 2.47. The van der Waals surface area contributed by atoms with Crippen molar-refractivity contribution in [3.8, 4) is 0 Å². The highest BCUT2D eigenvalue weighted by atomic mass is 16.2. The first kappa shape index (κ1) is 13.5. The van der Waals surface area contributed by atoms with E-state index in [9.17, 15) is 4.79 Å². The molecule has 100 valence electrons. The number of para-hydroxylation sites is 1. The molecular weight excluding hydrogens is 236 g/mol. The first-order chi connectivity index (χ1) is 9.27. The van der Waals surface area contributed by atoms with E-state index in [4.69, 9.17) is 0 Å². The van der Waals surface area contributed by atoms with Crippen LogP contribution >= 0.6 is 0 Å². The van der Waals surface area contributed by atoms with Gasteiger partial charge in [-0.1, -0.05) is 31.5 Å². The van der Waals surface area contributed by atoms with Gasteiger partial charge in [-0.2, -0.15) is 0 Å². The van der Waals surface area contributed by atoms with Crippen LogP contribution in [0.25, 0.3) is 10.9 Å². The number of carbonyl (C=O) groups excluding carboxylic acids is 1. The van der Waals surface area contributed by atoms with E-state index in [0.29, 0.717) is 0 Å². The Kier molecular flexibility index (Phi) is 4.50. The molecule has 0 aliphatic rings. The number of unbranched alkanes of at least 4 members (excludes halogenated alkanes) is 1. The van der Waals surface area contributed by atoms with E-state index < -0.39 is 0 Å². The molecule has 2 aromatic rings. The Morgan fingerprint density at radius 1 is 1.21 bits per heavy atom. The molecule has 19 heavy (non-hydrogen) atoms. The summed E-state index contributed by atoms with van der Waals surface area (Å²) in [7, 11) is 0. The van der Waals surface area contributed by atoms with Crippen molar-refractivity contribution in [3.63, 3.8) is 0 Å². The normalized spacial score (nSPS) is 10.6. The van der Waals surface area contributed by atoms with Crippen LogP contribution in [0.4, 0.5) is 0 Å². The summed E-state index contributed by atoms with van der Waals surface area (Å²) in [6, 6.07) is 9.61. The van der Waals surface area contributed by atoms with Gasteiger partial charge in [-0.3, -0.25) is 9.78 Å². The molecule has 0 aliphatic heterocycles. The van der Waals surface area contributed by atoms with Crippen LogP contribution < -0.4 is 0 Å². The van der Waals surface area contributed by atoms with E-state index in [2.05, 4.69) is 11.9 Å².